The minimum atomic E-state index is -3.29. The van der Waals surface area contributed by atoms with Gasteiger partial charge in [0.2, 0.25) is 5.95 Å². The molecule has 0 bridgehead atoms. The summed E-state index contributed by atoms with van der Waals surface area (Å²) in [4.78, 5) is 8.78. The molecule has 0 fully saturated rings. The van der Waals surface area contributed by atoms with E-state index in [-0.39, 0.29) is 4.90 Å². The van der Waals surface area contributed by atoms with Crippen LogP contribution >= 0.6 is 0 Å². The Bertz CT molecular complexity index is 1190. The van der Waals surface area contributed by atoms with Crippen molar-refractivity contribution in [2.75, 3.05) is 11.6 Å². The second kappa shape index (κ2) is 6.23. The van der Waals surface area contributed by atoms with Crippen molar-refractivity contribution in [2.24, 2.45) is 0 Å². The minimum absolute atomic E-state index is 0.265. The van der Waals surface area contributed by atoms with Crippen LogP contribution in [0.4, 0.5) is 11.6 Å². The molecule has 0 aliphatic heterocycles. The van der Waals surface area contributed by atoms with Crippen LogP contribution in [0.5, 0.6) is 0 Å². The molecule has 0 atom stereocenters. The van der Waals surface area contributed by atoms with E-state index in [9.17, 15) is 8.42 Å². The molecule has 26 heavy (non-hydrogen) atoms. The fourth-order valence-electron chi connectivity index (χ4n) is 2.63. The highest BCUT2D eigenvalue weighted by molar-refractivity contribution is 7.90. The number of fused-ring (bicyclic) bond motifs is 1. The molecular weight excluding hydrogens is 350 g/mol. The van der Waals surface area contributed by atoms with E-state index in [1.807, 2.05) is 36.4 Å². The van der Waals surface area contributed by atoms with Crippen LogP contribution in [0.3, 0.4) is 0 Å². The summed E-state index contributed by atoms with van der Waals surface area (Å²) in [5.41, 5.74) is 2.93. The third kappa shape index (κ3) is 3.14. The maximum atomic E-state index is 11.8. The topological polar surface area (TPSA) is 89.2 Å². The lowest BCUT2D eigenvalue weighted by molar-refractivity contribution is 0.602. The average Bonchev–Trinajstić information content (AvgIpc) is 3.04. The molecule has 0 amide bonds. The molecule has 1 N–H and O–H groups in total. The summed E-state index contributed by atoms with van der Waals surface area (Å²) >= 11 is 0. The maximum Gasteiger partial charge on any atom is 0.247 e. The van der Waals surface area contributed by atoms with E-state index in [2.05, 4.69) is 20.4 Å². The Morgan fingerprint density at radius 2 is 1.88 bits per heavy atom. The molecule has 0 spiro atoms. The van der Waals surface area contributed by atoms with Gasteiger partial charge in [0.15, 0.2) is 15.5 Å². The minimum Gasteiger partial charge on any atom is -0.321 e. The van der Waals surface area contributed by atoms with E-state index in [0.717, 1.165) is 16.9 Å². The monoisotopic (exact) mass is 365 g/mol. The van der Waals surface area contributed by atoms with Crippen molar-refractivity contribution < 1.29 is 8.42 Å². The molecule has 0 aliphatic rings. The van der Waals surface area contributed by atoms with Crippen molar-refractivity contribution in [1.29, 1.82) is 0 Å². The van der Waals surface area contributed by atoms with Crippen LogP contribution in [0.1, 0.15) is 0 Å². The highest BCUT2D eigenvalue weighted by Crippen LogP contribution is 2.24. The number of aromatic nitrogens is 4. The normalized spacial score (nSPS) is 11.6. The van der Waals surface area contributed by atoms with Crippen molar-refractivity contribution >= 4 is 27.1 Å². The van der Waals surface area contributed by atoms with Gasteiger partial charge in [0.25, 0.3) is 0 Å². The first kappa shape index (κ1) is 16.2. The van der Waals surface area contributed by atoms with E-state index in [1.54, 1.807) is 35.1 Å². The number of hydrogen-bond acceptors (Lipinski definition) is 6. The zero-order chi connectivity index (χ0) is 18.1. The van der Waals surface area contributed by atoms with Crippen LogP contribution in [-0.4, -0.2) is 34.3 Å². The van der Waals surface area contributed by atoms with Gasteiger partial charge in [0.1, 0.15) is 0 Å². The Morgan fingerprint density at radius 3 is 2.65 bits per heavy atom. The SMILES string of the molecule is CS(=O)(=O)c1cccc(-c2cccc3nc(Nc4cccnc4)nn23)c1. The molecule has 0 aliphatic carbocycles. The molecule has 0 unspecified atom stereocenters. The molecule has 3 heterocycles. The molecule has 4 aromatic rings. The summed E-state index contributed by atoms with van der Waals surface area (Å²) in [5.74, 6) is 0.435. The van der Waals surface area contributed by atoms with E-state index >= 15 is 0 Å². The largest absolute Gasteiger partial charge is 0.321 e. The van der Waals surface area contributed by atoms with Crippen molar-refractivity contribution in [2.45, 2.75) is 4.90 Å². The first-order chi connectivity index (χ1) is 12.5. The summed E-state index contributed by atoms with van der Waals surface area (Å²) in [6.45, 7) is 0. The summed E-state index contributed by atoms with van der Waals surface area (Å²) in [6.07, 6.45) is 4.56. The molecule has 0 saturated carbocycles. The Labute approximate surface area is 150 Å². The van der Waals surface area contributed by atoms with Crippen molar-refractivity contribution in [3.8, 4) is 11.3 Å². The number of hydrogen-bond donors (Lipinski definition) is 1. The van der Waals surface area contributed by atoms with Gasteiger partial charge < -0.3 is 5.32 Å². The Morgan fingerprint density at radius 1 is 1.04 bits per heavy atom. The van der Waals surface area contributed by atoms with Crippen LogP contribution in [-0.2, 0) is 9.84 Å². The lowest BCUT2D eigenvalue weighted by atomic mass is 10.1. The predicted molar refractivity (Wildman–Crippen MR) is 99.1 cm³/mol. The smallest absolute Gasteiger partial charge is 0.247 e. The number of anilines is 2. The standard InChI is InChI=1S/C18H15N5O2S/c1-26(24,25)15-7-2-5-13(11-15)16-8-3-9-17-21-18(22-23(16)17)20-14-6-4-10-19-12-14/h2-12H,1H3,(H,20,22). The molecule has 3 aromatic heterocycles. The van der Waals surface area contributed by atoms with Gasteiger partial charge in [-0.25, -0.2) is 12.9 Å². The summed E-state index contributed by atoms with van der Waals surface area (Å²) in [7, 11) is -3.29. The predicted octanol–water partition coefficient (Wildman–Crippen LogP) is 2.94. The fourth-order valence-corrected chi connectivity index (χ4v) is 3.30. The Hall–Kier alpha value is -3.26. The van der Waals surface area contributed by atoms with Gasteiger partial charge in [-0.3, -0.25) is 4.98 Å². The third-order valence-electron chi connectivity index (χ3n) is 3.84. The van der Waals surface area contributed by atoms with Crippen LogP contribution in [0.25, 0.3) is 16.9 Å². The average molecular weight is 365 g/mol. The highest BCUT2D eigenvalue weighted by Gasteiger charge is 2.12. The van der Waals surface area contributed by atoms with Gasteiger partial charge in [0.05, 0.1) is 22.5 Å². The molecule has 130 valence electrons. The van der Waals surface area contributed by atoms with Gasteiger partial charge in [-0.1, -0.05) is 18.2 Å². The van der Waals surface area contributed by atoms with Crippen molar-refractivity contribution in [3.63, 3.8) is 0 Å². The molecule has 8 heteroatoms. The number of benzene rings is 1. The number of sulfone groups is 1. The zero-order valence-corrected chi connectivity index (χ0v) is 14.7. The lowest BCUT2D eigenvalue weighted by Crippen LogP contribution is -1.99. The molecule has 7 nitrogen and oxygen atoms in total. The second-order valence-electron chi connectivity index (χ2n) is 5.78. The first-order valence-electron chi connectivity index (χ1n) is 7.84. The zero-order valence-electron chi connectivity index (χ0n) is 13.9. The van der Waals surface area contributed by atoms with Crippen LogP contribution in [0, 0.1) is 0 Å². The van der Waals surface area contributed by atoms with Gasteiger partial charge in [-0.05, 0) is 36.4 Å². The fraction of sp³-hybridized carbons (Fsp3) is 0.0556. The Kier molecular flexibility index (Phi) is 3.89. The van der Waals surface area contributed by atoms with Crippen molar-refractivity contribution in [3.05, 3.63) is 67.0 Å². The number of nitrogens with one attached hydrogen (secondary N) is 1. The third-order valence-corrected chi connectivity index (χ3v) is 4.95. The van der Waals surface area contributed by atoms with E-state index in [4.69, 9.17) is 0 Å². The van der Waals surface area contributed by atoms with Crippen LogP contribution in [0.2, 0.25) is 0 Å². The van der Waals surface area contributed by atoms with Gasteiger partial charge in [0, 0.05) is 18.0 Å². The summed E-state index contributed by atoms with van der Waals surface area (Å²) in [6, 6.07) is 16.0. The maximum absolute atomic E-state index is 11.8. The molecule has 4 rings (SSSR count). The quantitative estimate of drug-likeness (QED) is 0.598. The first-order valence-corrected chi connectivity index (χ1v) is 9.73. The van der Waals surface area contributed by atoms with Gasteiger partial charge >= 0.3 is 0 Å². The molecule has 0 saturated heterocycles. The molecule has 1 aromatic carbocycles. The Balaban J connectivity index is 1.79. The highest BCUT2D eigenvalue weighted by atomic mass is 32.2. The van der Waals surface area contributed by atoms with E-state index in [1.165, 1.54) is 6.26 Å². The second-order valence-corrected chi connectivity index (χ2v) is 7.80. The van der Waals surface area contributed by atoms with Crippen LogP contribution < -0.4 is 5.32 Å². The van der Waals surface area contributed by atoms with Gasteiger partial charge in [-0.2, -0.15) is 4.98 Å². The van der Waals surface area contributed by atoms with Gasteiger partial charge in [-0.15, -0.1) is 5.10 Å². The van der Waals surface area contributed by atoms with E-state index < -0.39 is 9.84 Å². The van der Waals surface area contributed by atoms with Crippen LogP contribution in [0.15, 0.2) is 71.9 Å². The molecule has 0 radical (unpaired) electrons. The lowest BCUT2D eigenvalue weighted by Gasteiger charge is -2.06. The van der Waals surface area contributed by atoms with Crippen molar-refractivity contribution in [1.82, 2.24) is 19.6 Å². The summed E-state index contributed by atoms with van der Waals surface area (Å²) < 4.78 is 25.4. The van der Waals surface area contributed by atoms with E-state index in [0.29, 0.717) is 11.6 Å². The number of pyridine rings is 2. The number of nitrogens with zero attached hydrogens (tertiary/aromatic N) is 4. The molecular formula is C18H15N5O2S. The number of rotatable bonds is 4. The summed E-state index contributed by atoms with van der Waals surface area (Å²) in [5, 5.41) is 7.60.